The molecule has 3 aliphatic heterocycles. The summed E-state index contributed by atoms with van der Waals surface area (Å²) < 4.78 is 7.74. The van der Waals surface area contributed by atoms with Gasteiger partial charge in [0.25, 0.3) is 11.8 Å². The van der Waals surface area contributed by atoms with E-state index in [4.69, 9.17) is 4.74 Å². The van der Waals surface area contributed by atoms with E-state index < -0.39 is 12.1 Å². The molecular weight excluding hydrogens is 757 g/mol. The third-order valence-electron chi connectivity index (χ3n) is 12.7. The van der Waals surface area contributed by atoms with Gasteiger partial charge in [-0.1, -0.05) is 51.0 Å². The molecule has 0 spiro atoms. The van der Waals surface area contributed by atoms with Crippen LogP contribution in [0.5, 0.6) is 5.75 Å². The number of unbranched alkanes of at least 4 members (excludes halogenated alkanes) is 2. The second-order valence-electron chi connectivity index (χ2n) is 16.8. The number of carboxylic acid groups (broad SMARTS) is 1. The number of likely N-dealkylation sites (N-methyl/N-ethyl adjacent to an activating group) is 1. The number of piperazine rings is 1. The molecule has 3 aliphatic rings. The van der Waals surface area contributed by atoms with Crippen molar-refractivity contribution >= 4 is 23.9 Å². The summed E-state index contributed by atoms with van der Waals surface area (Å²) in [5.74, 6) is -0.849. The summed E-state index contributed by atoms with van der Waals surface area (Å²) in [6.45, 7) is 13.5. The number of carbonyl (C=O) groups excluding carboxylic acids is 3. The number of ether oxygens (including phenoxy) is 1. The number of benzene rings is 3. The van der Waals surface area contributed by atoms with Crippen LogP contribution in [-0.2, 0) is 33.0 Å². The normalized spacial score (nSPS) is 16.9. The molecule has 4 heterocycles. The van der Waals surface area contributed by atoms with Gasteiger partial charge in [-0.3, -0.25) is 14.5 Å². The number of carbonyl (C=O) groups is 4. The molecule has 1 N–H and O–H groups in total. The highest BCUT2D eigenvalue weighted by Crippen LogP contribution is 2.36. The molecule has 1 saturated heterocycles. The molecule has 318 valence electrons. The van der Waals surface area contributed by atoms with Crippen molar-refractivity contribution in [3.05, 3.63) is 111 Å². The smallest absolute Gasteiger partial charge is 0.415 e. The Morgan fingerprint density at radius 3 is 2.13 bits per heavy atom. The van der Waals surface area contributed by atoms with E-state index in [2.05, 4.69) is 64.4 Å². The molecule has 3 aromatic carbocycles. The molecule has 1 atom stereocenters. The van der Waals surface area contributed by atoms with Gasteiger partial charge in [0.15, 0.2) is 0 Å². The lowest BCUT2D eigenvalue weighted by Crippen LogP contribution is -2.53. The monoisotopic (exact) mass is 816 g/mol. The number of carboxylic acids is 1. The summed E-state index contributed by atoms with van der Waals surface area (Å²) in [6.07, 6.45) is 4.64. The molecule has 1 fully saturated rings. The molecule has 60 heavy (non-hydrogen) atoms. The van der Waals surface area contributed by atoms with Gasteiger partial charge in [-0.05, 0) is 104 Å². The van der Waals surface area contributed by atoms with Crippen LogP contribution in [0.1, 0.15) is 98.6 Å². The molecule has 0 aliphatic carbocycles. The van der Waals surface area contributed by atoms with E-state index in [0.717, 1.165) is 98.5 Å². The minimum absolute atomic E-state index is 0.0220. The van der Waals surface area contributed by atoms with Gasteiger partial charge in [0.2, 0.25) is 0 Å². The van der Waals surface area contributed by atoms with Crippen molar-refractivity contribution in [2.24, 2.45) is 7.05 Å². The fraction of sp³-hybridized carbons (Fsp3) is 0.458. The molecule has 0 unspecified atom stereocenters. The number of aromatic carboxylic acids is 1. The van der Waals surface area contributed by atoms with Crippen molar-refractivity contribution in [3.63, 3.8) is 0 Å². The Bertz CT molecular complexity index is 2200. The van der Waals surface area contributed by atoms with Gasteiger partial charge >= 0.3 is 12.1 Å². The predicted molar refractivity (Wildman–Crippen MR) is 233 cm³/mol. The van der Waals surface area contributed by atoms with Gasteiger partial charge in [-0.2, -0.15) is 0 Å². The SMILES string of the molecule is CCCCN(CCCC)C(=O)c1cc(-c2cc3c(cc2C(=O)N2Cc4ccccc4C[C@H]2CN2CCN(C)CC2)CN(C(=O)Oc2ccc(C(=O)O)cc2)CC3)n(C)c1C. The van der Waals surface area contributed by atoms with E-state index in [0.29, 0.717) is 43.7 Å². The summed E-state index contributed by atoms with van der Waals surface area (Å²) in [7, 11) is 4.13. The van der Waals surface area contributed by atoms with Gasteiger partial charge in [-0.15, -0.1) is 0 Å². The zero-order chi connectivity index (χ0) is 42.5. The largest absolute Gasteiger partial charge is 0.478 e. The van der Waals surface area contributed by atoms with Crippen molar-refractivity contribution in [2.75, 3.05) is 59.4 Å². The summed E-state index contributed by atoms with van der Waals surface area (Å²) in [4.78, 5) is 65.1. The number of amides is 3. The lowest BCUT2D eigenvalue weighted by atomic mass is 9.89. The first-order valence-electron chi connectivity index (χ1n) is 21.7. The molecule has 12 heteroatoms. The van der Waals surface area contributed by atoms with E-state index in [-0.39, 0.29) is 35.7 Å². The summed E-state index contributed by atoms with van der Waals surface area (Å²) >= 11 is 0. The van der Waals surface area contributed by atoms with Gasteiger partial charge in [0.05, 0.1) is 11.1 Å². The fourth-order valence-electron chi connectivity index (χ4n) is 8.81. The Hall–Kier alpha value is -5.46. The number of hydrogen-bond acceptors (Lipinski definition) is 7. The first kappa shape index (κ1) is 42.7. The van der Waals surface area contributed by atoms with E-state index in [1.54, 1.807) is 4.90 Å². The van der Waals surface area contributed by atoms with E-state index in [1.807, 2.05) is 37.1 Å². The zero-order valence-corrected chi connectivity index (χ0v) is 35.9. The van der Waals surface area contributed by atoms with Gasteiger partial charge in [-0.25, -0.2) is 9.59 Å². The maximum atomic E-state index is 15.5. The van der Waals surface area contributed by atoms with Crippen LogP contribution in [-0.4, -0.2) is 123 Å². The van der Waals surface area contributed by atoms with Crippen molar-refractivity contribution in [2.45, 2.75) is 78.4 Å². The second-order valence-corrected chi connectivity index (χ2v) is 16.8. The van der Waals surface area contributed by atoms with Crippen LogP contribution in [0, 0.1) is 6.92 Å². The highest BCUT2D eigenvalue weighted by molar-refractivity contribution is 6.03. The van der Waals surface area contributed by atoms with Crippen LogP contribution < -0.4 is 4.74 Å². The number of nitrogens with zero attached hydrogens (tertiary/aromatic N) is 6. The Balaban J connectivity index is 1.27. The average molecular weight is 817 g/mol. The molecule has 4 aromatic rings. The summed E-state index contributed by atoms with van der Waals surface area (Å²) in [6, 6.07) is 20.2. The van der Waals surface area contributed by atoms with Gasteiger partial charge in [0.1, 0.15) is 5.75 Å². The zero-order valence-electron chi connectivity index (χ0n) is 35.9. The predicted octanol–water partition coefficient (Wildman–Crippen LogP) is 7.11. The lowest BCUT2D eigenvalue weighted by molar-refractivity contribution is 0.0535. The molecule has 0 radical (unpaired) electrons. The molecule has 0 bridgehead atoms. The number of aromatic nitrogens is 1. The quantitative estimate of drug-likeness (QED) is 0.152. The summed E-state index contributed by atoms with van der Waals surface area (Å²) in [5, 5.41) is 9.30. The standard InChI is InChI=1S/C48H60N6O6/c1-6-8-19-52(20-9-7-2)45(55)41-29-44(50(5)33(41)3)42-27-36-18-21-53(48(59)60-40-16-14-34(15-17-40)47(57)58)30-38(36)28-43(42)46(56)54-31-37-13-11-10-12-35(37)26-39(54)32-51-24-22-49(4)23-25-51/h10-17,27-29,39H,6-9,18-26,30-32H2,1-5H3,(H,57,58)/t39-/m0/s1. The van der Waals surface area contributed by atoms with Crippen LogP contribution >= 0.6 is 0 Å². The molecule has 7 rings (SSSR count). The van der Waals surface area contributed by atoms with E-state index >= 15 is 4.79 Å². The maximum absolute atomic E-state index is 15.5. The van der Waals surface area contributed by atoms with Gasteiger partial charge in [0, 0.05) is 101 Å². The van der Waals surface area contributed by atoms with Crippen molar-refractivity contribution in [3.8, 4) is 17.0 Å². The second kappa shape index (κ2) is 18.9. The maximum Gasteiger partial charge on any atom is 0.415 e. The molecule has 1 aromatic heterocycles. The molecule has 3 amide bonds. The Labute approximate surface area is 354 Å². The van der Waals surface area contributed by atoms with Crippen LogP contribution in [0.3, 0.4) is 0 Å². The minimum Gasteiger partial charge on any atom is -0.478 e. The van der Waals surface area contributed by atoms with Crippen molar-refractivity contribution < 1.29 is 29.0 Å². The third-order valence-corrected chi connectivity index (χ3v) is 12.7. The van der Waals surface area contributed by atoms with E-state index in [9.17, 15) is 19.5 Å². The highest BCUT2D eigenvalue weighted by Gasteiger charge is 2.35. The van der Waals surface area contributed by atoms with Crippen LogP contribution in [0.2, 0.25) is 0 Å². The fourth-order valence-corrected chi connectivity index (χ4v) is 8.81. The van der Waals surface area contributed by atoms with Crippen LogP contribution in [0.15, 0.2) is 66.7 Å². The Morgan fingerprint density at radius 2 is 1.47 bits per heavy atom. The first-order valence-corrected chi connectivity index (χ1v) is 21.7. The number of hydrogen-bond donors (Lipinski definition) is 1. The van der Waals surface area contributed by atoms with Crippen LogP contribution in [0.4, 0.5) is 4.79 Å². The topological polar surface area (TPSA) is 119 Å². The number of fused-ring (bicyclic) bond motifs is 2. The molecule has 12 nitrogen and oxygen atoms in total. The lowest BCUT2D eigenvalue weighted by Gasteiger charge is -2.42. The van der Waals surface area contributed by atoms with Crippen LogP contribution in [0.25, 0.3) is 11.3 Å². The number of rotatable bonds is 13. The highest BCUT2D eigenvalue weighted by atomic mass is 16.6. The Kier molecular flexibility index (Phi) is 13.4. The molecular formula is C48H60N6O6. The van der Waals surface area contributed by atoms with Crippen molar-refractivity contribution in [1.82, 2.24) is 29.1 Å². The third kappa shape index (κ3) is 9.29. The van der Waals surface area contributed by atoms with E-state index in [1.165, 1.54) is 29.8 Å². The Morgan fingerprint density at radius 1 is 0.783 bits per heavy atom. The van der Waals surface area contributed by atoms with Gasteiger partial charge < -0.3 is 34.0 Å². The first-order chi connectivity index (χ1) is 28.9. The summed E-state index contributed by atoms with van der Waals surface area (Å²) in [5.41, 5.74) is 8.08. The van der Waals surface area contributed by atoms with Crippen molar-refractivity contribution in [1.29, 1.82) is 0 Å². The molecule has 0 saturated carbocycles. The minimum atomic E-state index is -1.06. The average Bonchev–Trinajstić information content (AvgIpc) is 3.55.